The third kappa shape index (κ3) is 4.26. The smallest absolute Gasteiger partial charge is 0.243 e. The summed E-state index contributed by atoms with van der Waals surface area (Å²) in [5, 5.41) is 3.95. The predicted molar refractivity (Wildman–Crippen MR) is 104 cm³/mol. The van der Waals surface area contributed by atoms with Crippen molar-refractivity contribution in [2.24, 2.45) is 0 Å². The Morgan fingerprint density at radius 1 is 1.04 bits per heavy atom. The van der Waals surface area contributed by atoms with Crippen LogP contribution in [0, 0.1) is 0 Å². The maximum absolute atomic E-state index is 13.0. The lowest BCUT2D eigenvalue weighted by molar-refractivity contribution is 0.321. The van der Waals surface area contributed by atoms with Gasteiger partial charge in [0.25, 0.3) is 0 Å². The minimum absolute atomic E-state index is 0.0323. The van der Waals surface area contributed by atoms with E-state index in [0.717, 1.165) is 11.1 Å². The number of hydrogen-bond donors (Lipinski definition) is 0. The molecule has 1 heterocycles. The molecule has 1 aromatic heterocycles. The van der Waals surface area contributed by atoms with E-state index < -0.39 is 10.0 Å². The molecule has 0 fully saturated rings. The monoisotopic (exact) mass is 385 g/mol. The van der Waals surface area contributed by atoms with Crippen LogP contribution in [0.5, 0.6) is 0 Å². The van der Waals surface area contributed by atoms with Crippen molar-refractivity contribution in [3.05, 3.63) is 66.1 Å². The Hall–Kier alpha value is -2.51. The van der Waals surface area contributed by atoms with Crippen LogP contribution in [0.15, 0.2) is 64.0 Å². The first-order valence-electron chi connectivity index (χ1n) is 8.90. The molecule has 3 aromatic rings. The molecule has 0 saturated heterocycles. The van der Waals surface area contributed by atoms with Gasteiger partial charge in [0, 0.05) is 12.1 Å². The third-order valence-corrected chi connectivity index (χ3v) is 6.28. The maximum atomic E-state index is 13.0. The molecule has 0 radical (unpaired) electrons. The zero-order valence-corrected chi connectivity index (χ0v) is 16.5. The Labute approximate surface area is 159 Å². The van der Waals surface area contributed by atoms with Crippen LogP contribution in [0.1, 0.15) is 38.1 Å². The lowest BCUT2D eigenvalue weighted by atomic mass is 10.0. The first-order chi connectivity index (χ1) is 12.9. The van der Waals surface area contributed by atoms with Gasteiger partial charge in [-0.25, -0.2) is 8.42 Å². The average Bonchev–Trinajstić information content (AvgIpc) is 3.15. The van der Waals surface area contributed by atoms with E-state index in [1.165, 1.54) is 4.31 Å². The molecule has 27 heavy (non-hydrogen) atoms. The second-order valence-corrected chi connectivity index (χ2v) is 8.47. The van der Waals surface area contributed by atoms with E-state index in [9.17, 15) is 8.42 Å². The largest absolute Gasteiger partial charge is 0.338 e. The predicted octanol–water partition coefficient (Wildman–Crippen LogP) is 4.07. The number of hydrogen-bond acceptors (Lipinski definition) is 5. The zero-order chi connectivity index (χ0) is 19.4. The molecule has 0 saturated carbocycles. The average molecular weight is 385 g/mol. The molecule has 0 unspecified atom stereocenters. The second kappa shape index (κ2) is 8.02. The van der Waals surface area contributed by atoms with Crippen molar-refractivity contribution >= 4 is 10.0 Å². The molecular weight excluding hydrogens is 362 g/mol. The molecule has 3 rings (SSSR count). The minimum atomic E-state index is -3.64. The van der Waals surface area contributed by atoms with E-state index in [0.29, 0.717) is 18.3 Å². The van der Waals surface area contributed by atoms with E-state index in [2.05, 4.69) is 24.0 Å². The van der Waals surface area contributed by atoms with Gasteiger partial charge in [-0.1, -0.05) is 68.4 Å². The van der Waals surface area contributed by atoms with Crippen molar-refractivity contribution in [2.45, 2.75) is 38.1 Å². The van der Waals surface area contributed by atoms with Gasteiger partial charge in [0.1, 0.15) is 0 Å². The standard InChI is InChI=1S/C20H23N3O3S/c1-4-23(27(24,25)18-12-10-16(11-13-18)15(2)3)14-19-21-20(22-26-19)17-8-6-5-7-9-17/h5-13,15H,4,14H2,1-3H3. The summed E-state index contributed by atoms with van der Waals surface area (Å²) in [5.74, 6) is 1.05. The number of aromatic nitrogens is 2. The van der Waals surface area contributed by atoms with Gasteiger partial charge in [0.05, 0.1) is 11.4 Å². The van der Waals surface area contributed by atoms with E-state index in [1.54, 1.807) is 19.1 Å². The molecule has 0 N–H and O–H groups in total. The molecule has 2 aromatic carbocycles. The Morgan fingerprint density at radius 2 is 1.70 bits per heavy atom. The summed E-state index contributed by atoms with van der Waals surface area (Å²) in [5.41, 5.74) is 1.92. The van der Waals surface area contributed by atoms with Gasteiger partial charge in [-0.05, 0) is 23.6 Å². The summed E-state index contributed by atoms with van der Waals surface area (Å²) in [6.07, 6.45) is 0. The van der Waals surface area contributed by atoms with Gasteiger partial charge < -0.3 is 4.52 Å². The summed E-state index contributed by atoms with van der Waals surface area (Å²) in [7, 11) is -3.64. The molecule has 0 amide bonds. The molecule has 142 valence electrons. The van der Waals surface area contributed by atoms with E-state index in [1.807, 2.05) is 42.5 Å². The molecule has 0 bridgehead atoms. The van der Waals surface area contributed by atoms with E-state index in [-0.39, 0.29) is 17.3 Å². The molecule has 0 aliphatic rings. The Balaban J connectivity index is 1.81. The van der Waals surface area contributed by atoms with E-state index in [4.69, 9.17) is 4.52 Å². The lowest BCUT2D eigenvalue weighted by Gasteiger charge is -2.19. The van der Waals surface area contributed by atoms with Crippen molar-refractivity contribution in [1.82, 2.24) is 14.4 Å². The van der Waals surface area contributed by atoms with Gasteiger partial charge in [-0.3, -0.25) is 0 Å². The second-order valence-electron chi connectivity index (χ2n) is 6.53. The first-order valence-corrected chi connectivity index (χ1v) is 10.3. The molecule has 0 aliphatic heterocycles. The fourth-order valence-corrected chi connectivity index (χ4v) is 4.11. The molecular formula is C20H23N3O3S. The minimum Gasteiger partial charge on any atom is -0.338 e. The van der Waals surface area contributed by atoms with Gasteiger partial charge in [0.15, 0.2) is 0 Å². The molecule has 0 aliphatic carbocycles. The molecule has 6 nitrogen and oxygen atoms in total. The summed E-state index contributed by atoms with van der Waals surface area (Å²) < 4.78 is 32.5. The van der Waals surface area contributed by atoms with Gasteiger partial charge in [0.2, 0.25) is 21.7 Å². The summed E-state index contributed by atoms with van der Waals surface area (Å²) >= 11 is 0. The summed E-state index contributed by atoms with van der Waals surface area (Å²) in [4.78, 5) is 4.59. The Kier molecular flexibility index (Phi) is 5.72. The topological polar surface area (TPSA) is 76.3 Å². The highest BCUT2D eigenvalue weighted by atomic mass is 32.2. The zero-order valence-electron chi connectivity index (χ0n) is 15.7. The maximum Gasteiger partial charge on any atom is 0.243 e. The number of sulfonamides is 1. The van der Waals surface area contributed by atoms with Crippen LogP contribution in [0.4, 0.5) is 0 Å². The van der Waals surface area contributed by atoms with Crippen LogP contribution < -0.4 is 0 Å². The van der Waals surface area contributed by atoms with Gasteiger partial charge in [-0.2, -0.15) is 9.29 Å². The van der Waals surface area contributed by atoms with Gasteiger partial charge in [-0.15, -0.1) is 0 Å². The number of nitrogens with zero attached hydrogens (tertiary/aromatic N) is 3. The molecule has 0 atom stereocenters. The fourth-order valence-electron chi connectivity index (χ4n) is 2.71. The van der Waals surface area contributed by atoms with Crippen LogP contribution in [-0.4, -0.2) is 29.4 Å². The van der Waals surface area contributed by atoms with Crippen molar-refractivity contribution in [2.75, 3.05) is 6.54 Å². The van der Waals surface area contributed by atoms with Crippen LogP contribution in [0.2, 0.25) is 0 Å². The highest BCUT2D eigenvalue weighted by Crippen LogP contribution is 2.22. The first kappa shape index (κ1) is 19.3. The highest BCUT2D eigenvalue weighted by Gasteiger charge is 2.25. The third-order valence-electron chi connectivity index (χ3n) is 4.35. The van der Waals surface area contributed by atoms with Gasteiger partial charge >= 0.3 is 0 Å². The SMILES string of the molecule is CCN(Cc1nc(-c2ccccc2)no1)S(=O)(=O)c1ccc(C(C)C)cc1. The Bertz CT molecular complexity index is 981. The lowest BCUT2D eigenvalue weighted by Crippen LogP contribution is -2.30. The number of rotatable bonds is 7. The van der Waals surface area contributed by atoms with Crippen LogP contribution in [0.3, 0.4) is 0 Å². The van der Waals surface area contributed by atoms with Crippen LogP contribution in [-0.2, 0) is 16.6 Å². The normalized spacial score (nSPS) is 12.0. The van der Waals surface area contributed by atoms with Crippen LogP contribution in [0.25, 0.3) is 11.4 Å². The quantitative estimate of drug-likeness (QED) is 0.613. The van der Waals surface area contributed by atoms with E-state index >= 15 is 0 Å². The Morgan fingerprint density at radius 3 is 2.30 bits per heavy atom. The highest BCUT2D eigenvalue weighted by molar-refractivity contribution is 7.89. The van der Waals surface area contributed by atoms with Crippen molar-refractivity contribution in [3.8, 4) is 11.4 Å². The van der Waals surface area contributed by atoms with Crippen molar-refractivity contribution in [3.63, 3.8) is 0 Å². The summed E-state index contributed by atoms with van der Waals surface area (Å²) in [6, 6.07) is 16.4. The van der Waals surface area contributed by atoms with Crippen LogP contribution >= 0.6 is 0 Å². The fraction of sp³-hybridized carbons (Fsp3) is 0.300. The van der Waals surface area contributed by atoms with Crippen molar-refractivity contribution in [1.29, 1.82) is 0 Å². The molecule has 0 spiro atoms. The summed E-state index contributed by atoms with van der Waals surface area (Å²) in [6.45, 7) is 6.26. The number of benzene rings is 2. The van der Waals surface area contributed by atoms with Crippen molar-refractivity contribution < 1.29 is 12.9 Å². The molecule has 7 heteroatoms.